The van der Waals surface area contributed by atoms with E-state index in [1.807, 2.05) is 0 Å². The van der Waals surface area contributed by atoms with Gasteiger partial charge in [-0.15, -0.1) is 0 Å². The van der Waals surface area contributed by atoms with E-state index in [4.69, 9.17) is 10.2 Å². The lowest BCUT2D eigenvalue weighted by atomic mass is 9.97. The number of hydrogen-bond donors (Lipinski definition) is 3. The van der Waals surface area contributed by atoms with Gasteiger partial charge >= 0.3 is 5.97 Å². The third-order valence-corrected chi connectivity index (χ3v) is 3.03. The van der Waals surface area contributed by atoms with E-state index < -0.39 is 30.4 Å². The average Bonchev–Trinajstić information content (AvgIpc) is 2.35. The van der Waals surface area contributed by atoms with Crippen LogP contribution in [0.4, 0.5) is 0 Å². The highest BCUT2D eigenvalue weighted by atomic mass is 16.4. The number of carbonyl (C=O) groups is 3. The first-order valence-corrected chi connectivity index (χ1v) is 5.85. The van der Waals surface area contributed by atoms with Gasteiger partial charge in [-0.1, -0.05) is 0 Å². The van der Waals surface area contributed by atoms with Crippen LogP contribution in [0.3, 0.4) is 0 Å². The number of likely N-dealkylation sites (tertiary alicyclic amines) is 1. The van der Waals surface area contributed by atoms with Gasteiger partial charge in [0.25, 0.3) is 0 Å². The lowest BCUT2D eigenvalue weighted by molar-refractivity contribution is -0.144. The number of rotatable bonds is 4. The van der Waals surface area contributed by atoms with E-state index in [0.717, 1.165) is 0 Å². The summed E-state index contributed by atoms with van der Waals surface area (Å²) in [5.74, 6) is -2.20. The minimum absolute atomic E-state index is 0.0931. The molecule has 0 aromatic rings. The molecule has 18 heavy (non-hydrogen) atoms. The summed E-state index contributed by atoms with van der Waals surface area (Å²) in [6, 6.07) is -1.29. The molecule has 0 bridgehead atoms. The van der Waals surface area contributed by atoms with Crippen molar-refractivity contribution in [2.24, 2.45) is 5.92 Å². The molecular formula is C11H18N2O5. The number of carboxylic acids is 1. The van der Waals surface area contributed by atoms with Gasteiger partial charge in [-0.05, 0) is 12.8 Å². The number of aliphatic carboxylic acids is 1. The Morgan fingerprint density at radius 1 is 1.44 bits per heavy atom. The maximum atomic E-state index is 11.8. The van der Waals surface area contributed by atoms with Crippen molar-refractivity contribution in [3.8, 4) is 0 Å². The summed E-state index contributed by atoms with van der Waals surface area (Å²) in [6.45, 7) is 1.72. The topological polar surface area (TPSA) is 107 Å². The maximum absolute atomic E-state index is 11.8. The highest BCUT2D eigenvalue weighted by molar-refractivity contribution is 5.85. The molecule has 1 aliphatic rings. The Hall–Kier alpha value is -1.63. The van der Waals surface area contributed by atoms with Crippen molar-refractivity contribution in [2.75, 3.05) is 19.7 Å². The van der Waals surface area contributed by atoms with Crippen molar-refractivity contribution in [1.29, 1.82) is 0 Å². The first-order chi connectivity index (χ1) is 8.45. The van der Waals surface area contributed by atoms with Crippen LogP contribution in [0, 0.1) is 5.92 Å². The van der Waals surface area contributed by atoms with Crippen LogP contribution in [0.15, 0.2) is 0 Å². The zero-order chi connectivity index (χ0) is 13.7. The monoisotopic (exact) mass is 258 g/mol. The standard InChI is InChI=1S/C11H18N2O5/c1-7(15)13-4-2-3-8(5-13)10(16)12-9(6-14)11(17)18/h8-9,14H,2-6H2,1H3,(H,12,16)(H,17,18)/t8?,9-/m1/s1. The SMILES string of the molecule is CC(=O)N1CCCC(C(=O)N[C@H](CO)C(=O)O)C1. The van der Waals surface area contributed by atoms with Gasteiger partial charge in [-0.3, -0.25) is 9.59 Å². The fraction of sp³-hybridized carbons (Fsp3) is 0.727. The fourth-order valence-corrected chi connectivity index (χ4v) is 1.95. The number of carboxylic acid groups (broad SMARTS) is 1. The second-order valence-corrected chi connectivity index (χ2v) is 4.39. The molecule has 1 aliphatic heterocycles. The van der Waals surface area contributed by atoms with E-state index in [0.29, 0.717) is 25.9 Å². The molecule has 0 spiro atoms. The van der Waals surface area contributed by atoms with Gasteiger partial charge in [-0.25, -0.2) is 4.79 Å². The minimum atomic E-state index is -1.29. The highest BCUT2D eigenvalue weighted by Crippen LogP contribution is 2.16. The Morgan fingerprint density at radius 2 is 2.11 bits per heavy atom. The zero-order valence-electron chi connectivity index (χ0n) is 10.3. The molecule has 0 radical (unpaired) electrons. The second kappa shape index (κ2) is 6.34. The van der Waals surface area contributed by atoms with Gasteiger partial charge in [0.05, 0.1) is 12.5 Å². The quantitative estimate of drug-likeness (QED) is 0.587. The molecule has 1 unspecified atom stereocenters. The predicted molar refractivity (Wildman–Crippen MR) is 61.6 cm³/mol. The minimum Gasteiger partial charge on any atom is -0.480 e. The maximum Gasteiger partial charge on any atom is 0.328 e. The fourth-order valence-electron chi connectivity index (χ4n) is 1.95. The van der Waals surface area contributed by atoms with Crippen molar-refractivity contribution in [1.82, 2.24) is 10.2 Å². The predicted octanol–water partition coefficient (Wildman–Crippen LogP) is -1.19. The van der Waals surface area contributed by atoms with Crippen LogP contribution in [0.5, 0.6) is 0 Å². The molecule has 102 valence electrons. The number of nitrogens with one attached hydrogen (secondary N) is 1. The Labute approximate surface area is 105 Å². The molecule has 0 saturated carbocycles. The van der Waals surface area contributed by atoms with Crippen LogP contribution in [0.25, 0.3) is 0 Å². The van der Waals surface area contributed by atoms with Crippen LogP contribution in [-0.4, -0.2) is 58.6 Å². The molecule has 0 aromatic carbocycles. The number of amides is 2. The van der Waals surface area contributed by atoms with Crippen molar-refractivity contribution in [2.45, 2.75) is 25.8 Å². The molecule has 1 fully saturated rings. The second-order valence-electron chi connectivity index (χ2n) is 4.39. The zero-order valence-corrected chi connectivity index (χ0v) is 10.3. The molecule has 7 nitrogen and oxygen atoms in total. The Balaban J connectivity index is 2.55. The van der Waals surface area contributed by atoms with E-state index in [-0.39, 0.29) is 5.91 Å². The summed E-state index contributed by atoms with van der Waals surface area (Å²) in [4.78, 5) is 35.3. The Bertz CT molecular complexity index is 344. The van der Waals surface area contributed by atoms with Crippen LogP contribution >= 0.6 is 0 Å². The lowest BCUT2D eigenvalue weighted by Crippen LogP contribution is -2.50. The number of piperidine rings is 1. The third kappa shape index (κ3) is 3.69. The van der Waals surface area contributed by atoms with Crippen LogP contribution in [-0.2, 0) is 14.4 Å². The van der Waals surface area contributed by atoms with Crippen LogP contribution in [0.2, 0.25) is 0 Å². The molecule has 3 N–H and O–H groups in total. The third-order valence-electron chi connectivity index (χ3n) is 3.03. The summed E-state index contributed by atoms with van der Waals surface area (Å²) < 4.78 is 0. The largest absolute Gasteiger partial charge is 0.480 e. The van der Waals surface area contributed by atoms with E-state index in [2.05, 4.69) is 5.32 Å². The van der Waals surface area contributed by atoms with Gasteiger partial charge < -0.3 is 20.4 Å². The number of hydrogen-bond acceptors (Lipinski definition) is 4. The molecule has 1 saturated heterocycles. The van der Waals surface area contributed by atoms with Crippen molar-refractivity contribution < 1.29 is 24.6 Å². The summed E-state index contributed by atoms with van der Waals surface area (Å²) in [6.07, 6.45) is 1.34. The summed E-state index contributed by atoms with van der Waals surface area (Å²) >= 11 is 0. The van der Waals surface area contributed by atoms with E-state index in [1.165, 1.54) is 6.92 Å². The summed E-state index contributed by atoms with van der Waals surface area (Å²) in [7, 11) is 0. The van der Waals surface area contributed by atoms with E-state index in [1.54, 1.807) is 4.90 Å². The number of aliphatic hydroxyl groups excluding tert-OH is 1. The van der Waals surface area contributed by atoms with E-state index in [9.17, 15) is 14.4 Å². The Kier molecular flexibility index (Phi) is 5.08. The molecule has 1 rings (SSSR count). The summed E-state index contributed by atoms with van der Waals surface area (Å²) in [5, 5.41) is 19.8. The van der Waals surface area contributed by atoms with Crippen LogP contribution in [0.1, 0.15) is 19.8 Å². The first-order valence-electron chi connectivity index (χ1n) is 5.85. The molecule has 2 atom stereocenters. The van der Waals surface area contributed by atoms with Crippen molar-refractivity contribution >= 4 is 17.8 Å². The smallest absolute Gasteiger partial charge is 0.328 e. The van der Waals surface area contributed by atoms with Gasteiger partial charge in [0.2, 0.25) is 11.8 Å². The highest BCUT2D eigenvalue weighted by Gasteiger charge is 2.29. The molecular weight excluding hydrogens is 240 g/mol. The molecule has 0 aliphatic carbocycles. The van der Waals surface area contributed by atoms with E-state index >= 15 is 0 Å². The molecule has 7 heteroatoms. The first kappa shape index (κ1) is 14.4. The average molecular weight is 258 g/mol. The van der Waals surface area contributed by atoms with Gasteiger partial charge in [0.15, 0.2) is 0 Å². The summed E-state index contributed by atoms with van der Waals surface area (Å²) in [5.41, 5.74) is 0. The normalized spacial score (nSPS) is 21.2. The molecule has 1 heterocycles. The van der Waals surface area contributed by atoms with Gasteiger partial charge in [0.1, 0.15) is 6.04 Å². The van der Waals surface area contributed by atoms with Crippen LogP contribution < -0.4 is 5.32 Å². The Morgan fingerprint density at radius 3 is 2.61 bits per heavy atom. The molecule has 0 aromatic heterocycles. The number of carbonyl (C=O) groups excluding carboxylic acids is 2. The van der Waals surface area contributed by atoms with Crippen molar-refractivity contribution in [3.63, 3.8) is 0 Å². The van der Waals surface area contributed by atoms with Gasteiger partial charge in [-0.2, -0.15) is 0 Å². The van der Waals surface area contributed by atoms with Crippen molar-refractivity contribution in [3.05, 3.63) is 0 Å². The number of nitrogens with zero attached hydrogens (tertiary/aromatic N) is 1. The molecule has 2 amide bonds. The lowest BCUT2D eigenvalue weighted by Gasteiger charge is -2.31. The van der Waals surface area contributed by atoms with Gasteiger partial charge in [0, 0.05) is 20.0 Å². The number of aliphatic hydroxyl groups is 1.